The van der Waals surface area contributed by atoms with E-state index in [-0.39, 0.29) is 5.91 Å². The first-order valence-corrected chi connectivity index (χ1v) is 7.08. The lowest BCUT2D eigenvalue weighted by Gasteiger charge is -2.06. The van der Waals surface area contributed by atoms with Crippen LogP contribution in [0.15, 0.2) is 24.4 Å². The highest BCUT2D eigenvalue weighted by Crippen LogP contribution is 2.24. The maximum Gasteiger partial charge on any atom is 0.222 e. The molecule has 0 unspecified atom stereocenters. The van der Waals surface area contributed by atoms with Gasteiger partial charge in [0, 0.05) is 41.2 Å². The van der Waals surface area contributed by atoms with Gasteiger partial charge in [-0.2, -0.15) is 0 Å². The van der Waals surface area contributed by atoms with Crippen LogP contribution in [0.2, 0.25) is 5.02 Å². The van der Waals surface area contributed by atoms with E-state index < -0.39 is 0 Å². The van der Waals surface area contributed by atoms with Crippen molar-refractivity contribution in [3.05, 3.63) is 35.0 Å². The molecule has 1 saturated carbocycles. The molecule has 4 nitrogen and oxygen atoms in total. The fraction of sp³-hybridized carbons (Fsp3) is 0.333. The molecule has 5 heteroatoms. The van der Waals surface area contributed by atoms with E-state index in [1.165, 1.54) is 0 Å². The zero-order valence-electron chi connectivity index (χ0n) is 10.9. The number of carbonyl (C=O) groups is 2. The molecule has 2 aromatic rings. The summed E-state index contributed by atoms with van der Waals surface area (Å²) in [6.45, 7) is 0.545. The Kier molecular flexibility index (Phi) is 3.49. The number of nitrogens with one attached hydrogen (secondary N) is 1. The van der Waals surface area contributed by atoms with Crippen LogP contribution in [0.4, 0.5) is 0 Å². The van der Waals surface area contributed by atoms with Crippen molar-refractivity contribution in [2.24, 2.45) is 0 Å². The average Bonchev–Trinajstić information content (AvgIpc) is 3.17. The van der Waals surface area contributed by atoms with Gasteiger partial charge in [0.05, 0.1) is 5.52 Å². The lowest BCUT2D eigenvalue weighted by atomic mass is 10.2. The van der Waals surface area contributed by atoms with E-state index in [0.717, 1.165) is 30.0 Å². The fourth-order valence-corrected chi connectivity index (χ4v) is 2.49. The van der Waals surface area contributed by atoms with Gasteiger partial charge >= 0.3 is 0 Å². The third kappa shape index (κ3) is 2.70. The molecule has 1 N–H and O–H groups in total. The maximum absolute atomic E-state index is 11.7. The van der Waals surface area contributed by atoms with Crippen LogP contribution in [-0.4, -0.2) is 22.8 Å². The molecule has 0 radical (unpaired) electrons. The predicted octanol–water partition coefficient (Wildman–Crippen LogP) is 2.78. The van der Waals surface area contributed by atoms with Crippen molar-refractivity contribution in [1.29, 1.82) is 0 Å². The lowest BCUT2D eigenvalue weighted by molar-refractivity contribution is -0.121. The number of amides is 1. The van der Waals surface area contributed by atoms with E-state index in [1.54, 1.807) is 12.3 Å². The Morgan fingerprint density at radius 1 is 1.45 bits per heavy atom. The number of nitrogens with zero attached hydrogens (tertiary/aromatic N) is 1. The Labute approximate surface area is 121 Å². The van der Waals surface area contributed by atoms with Crippen molar-refractivity contribution in [2.45, 2.75) is 31.8 Å². The fourth-order valence-electron chi connectivity index (χ4n) is 2.32. The highest BCUT2D eigenvalue weighted by Gasteiger charge is 2.23. The standard InChI is InChI=1S/C15H15ClN2O2/c16-11-1-4-13-10(9-19)8-18(14(13)7-11)6-5-15(20)17-12-2-3-12/h1,4,7-9,12H,2-3,5-6H2,(H,17,20). The monoisotopic (exact) mass is 290 g/mol. The molecule has 3 rings (SSSR count). The van der Waals surface area contributed by atoms with E-state index in [9.17, 15) is 9.59 Å². The molecule has 0 spiro atoms. The van der Waals surface area contributed by atoms with Crippen molar-refractivity contribution in [3.63, 3.8) is 0 Å². The zero-order valence-corrected chi connectivity index (χ0v) is 11.7. The van der Waals surface area contributed by atoms with Gasteiger partial charge in [0.2, 0.25) is 5.91 Å². The number of carbonyl (C=O) groups excluding carboxylic acids is 2. The molecule has 1 fully saturated rings. The third-order valence-corrected chi connectivity index (χ3v) is 3.76. The predicted molar refractivity (Wildman–Crippen MR) is 78.1 cm³/mol. The molecule has 0 bridgehead atoms. The molecular weight excluding hydrogens is 276 g/mol. The second-order valence-electron chi connectivity index (χ2n) is 5.15. The average molecular weight is 291 g/mol. The molecule has 104 valence electrons. The second-order valence-corrected chi connectivity index (χ2v) is 5.59. The Morgan fingerprint density at radius 3 is 2.95 bits per heavy atom. The summed E-state index contributed by atoms with van der Waals surface area (Å²) in [5.41, 5.74) is 1.51. The molecule has 0 aliphatic heterocycles. The normalized spacial score (nSPS) is 14.4. The molecule has 1 aliphatic rings. The van der Waals surface area contributed by atoms with Crippen molar-refractivity contribution in [3.8, 4) is 0 Å². The summed E-state index contributed by atoms with van der Waals surface area (Å²) in [6, 6.07) is 5.80. The van der Waals surface area contributed by atoms with E-state index in [1.807, 2.05) is 16.7 Å². The van der Waals surface area contributed by atoms with Gasteiger partial charge in [0.1, 0.15) is 0 Å². The summed E-state index contributed by atoms with van der Waals surface area (Å²) < 4.78 is 1.91. The van der Waals surface area contributed by atoms with Crippen LogP contribution in [0.25, 0.3) is 10.9 Å². The second kappa shape index (κ2) is 5.29. The minimum absolute atomic E-state index is 0.0593. The number of hydrogen-bond acceptors (Lipinski definition) is 2. The first-order chi connectivity index (χ1) is 9.67. The number of rotatable bonds is 5. The summed E-state index contributed by atoms with van der Waals surface area (Å²) in [6.07, 6.45) is 5.19. The zero-order chi connectivity index (χ0) is 14.1. The van der Waals surface area contributed by atoms with Crippen LogP contribution < -0.4 is 5.32 Å². The number of fused-ring (bicyclic) bond motifs is 1. The Bertz CT molecular complexity index is 674. The summed E-state index contributed by atoms with van der Waals surface area (Å²) in [4.78, 5) is 22.8. The summed E-state index contributed by atoms with van der Waals surface area (Å²) in [5, 5.41) is 4.45. The summed E-state index contributed by atoms with van der Waals surface area (Å²) in [7, 11) is 0. The topological polar surface area (TPSA) is 51.1 Å². The van der Waals surface area contributed by atoms with E-state index in [4.69, 9.17) is 11.6 Å². The Balaban J connectivity index is 1.80. The van der Waals surface area contributed by atoms with Crippen molar-refractivity contribution < 1.29 is 9.59 Å². The van der Waals surface area contributed by atoms with Crippen LogP contribution in [0.1, 0.15) is 29.6 Å². The van der Waals surface area contributed by atoms with E-state index >= 15 is 0 Å². The quantitative estimate of drug-likeness (QED) is 0.861. The van der Waals surface area contributed by atoms with Gasteiger partial charge in [-0.25, -0.2) is 0 Å². The van der Waals surface area contributed by atoms with Gasteiger partial charge in [-0.05, 0) is 25.0 Å². The van der Waals surface area contributed by atoms with Crippen molar-refractivity contribution in [2.75, 3.05) is 0 Å². The number of aryl methyl sites for hydroxylation is 1. The number of aldehydes is 1. The highest BCUT2D eigenvalue weighted by molar-refractivity contribution is 6.31. The molecule has 20 heavy (non-hydrogen) atoms. The van der Waals surface area contributed by atoms with Gasteiger partial charge in [-0.15, -0.1) is 0 Å². The Morgan fingerprint density at radius 2 is 2.25 bits per heavy atom. The number of hydrogen-bond donors (Lipinski definition) is 1. The number of benzene rings is 1. The number of aromatic nitrogens is 1. The van der Waals surface area contributed by atoms with Crippen LogP contribution in [-0.2, 0) is 11.3 Å². The Hall–Kier alpha value is -1.81. The molecule has 0 atom stereocenters. The third-order valence-electron chi connectivity index (χ3n) is 3.52. The molecule has 1 aromatic carbocycles. The van der Waals surface area contributed by atoms with Crippen molar-refractivity contribution in [1.82, 2.24) is 9.88 Å². The molecule has 1 heterocycles. The maximum atomic E-state index is 11.7. The molecular formula is C15H15ClN2O2. The minimum atomic E-state index is 0.0593. The lowest BCUT2D eigenvalue weighted by Crippen LogP contribution is -2.26. The van der Waals surface area contributed by atoms with Crippen molar-refractivity contribution >= 4 is 34.7 Å². The first kappa shape index (κ1) is 13.2. The van der Waals surface area contributed by atoms with Crippen LogP contribution in [0.3, 0.4) is 0 Å². The van der Waals surface area contributed by atoms with Crippen LogP contribution in [0.5, 0.6) is 0 Å². The highest BCUT2D eigenvalue weighted by atomic mass is 35.5. The van der Waals surface area contributed by atoms with Gasteiger partial charge < -0.3 is 9.88 Å². The largest absolute Gasteiger partial charge is 0.353 e. The van der Waals surface area contributed by atoms with Gasteiger partial charge in [0.15, 0.2) is 6.29 Å². The number of halogens is 1. The molecule has 1 aliphatic carbocycles. The smallest absolute Gasteiger partial charge is 0.222 e. The molecule has 1 aromatic heterocycles. The minimum Gasteiger partial charge on any atom is -0.353 e. The van der Waals surface area contributed by atoms with Crippen LogP contribution in [0, 0.1) is 0 Å². The molecule has 0 saturated heterocycles. The van der Waals surface area contributed by atoms with E-state index in [2.05, 4.69) is 5.32 Å². The first-order valence-electron chi connectivity index (χ1n) is 6.70. The van der Waals surface area contributed by atoms with E-state index in [0.29, 0.717) is 29.6 Å². The summed E-state index contributed by atoms with van der Waals surface area (Å²) in [5.74, 6) is 0.0593. The van der Waals surface area contributed by atoms with Gasteiger partial charge in [0.25, 0.3) is 0 Å². The van der Waals surface area contributed by atoms with Gasteiger partial charge in [-0.1, -0.05) is 17.7 Å². The van der Waals surface area contributed by atoms with Gasteiger partial charge in [-0.3, -0.25) is 9.59 Å². The van der Waals surface area contributed by atoms with Crippen LogP contribution >= 0.6 is 11.6 Å². The molecule has 1 amide bonds. The summed E-state index contributed by atoms with van der Waals surface area (Å²) >= 11 is 6.00. The SMILES string of the molecule is O=Cc1cn(CCC(=O)NC2CC2)c2cc(Cl)ccc12.